The van der Waals surface area contributed by atoms with Gasteiger partial charge < -0.3 is 19.2 Å². The van der Waals surface area contributed by atoms with Gasteiger partial charge in [-0.05, 0) is 68.5 Å². The zero-order valence-electron chi connectivity index (χ0n) is 20.8. The average molecular weight is 554 g/mol. The number of hydrogen-bond donors (Lipinski definition) is 1. The van der Waals surface area contributed by atoms with Gasteiger partial charge in [-0.15, -0.1) is 0 Å². The number of aryl methyl sites for hydroxylation is 2. The van der Waals surface area contributed by atoms with Crippen molar-refractivity contribution >= 4 is 32.8 Å². The van der Waals surface area contributed by atoms with Crippen LogP contribution in [-0.4, -0.2) is 34.6 Å². The highest BCUT2D eigenvalue weighted by atomic mass is 79.9. The Hall–Kier alpha value is -2.64. The van der Waals surface area contributed by atoms with E-state index in [1.54, 1.807) is 0 Å². The van der Waals surface area contributed by atoms with Crippen LogP contribution in [0.5, 0.6) is 5.75 Å². The summed E-state index contributed by atoms with van der Waals surface area (Å²) in [6.07, 6.45) is 4.53. The summed E-state index contributed by atoms with van der Waals surface area (Å²) < 4.78 is 12.8. The molecule has 1 amide bonds. The Balaban J connectivity index is 1.34. The number of amides is 1. The molecule has 1 saturated heterocycles. The lowest BCUT2D eigenvalue weighted by molar-refractivity contribution is -0.142. The van der Waals surface area contributed by atoms with E-state index in [0.717, 1.165) is 52.2 Å². The lowest BCUT2D eigenvalue weighted by atomic mass is 9.71. The number of hydrogen-bond acceptors (Lipinski definition) is 5. The van der Waals surface area contributed by atoms with Gasteiger partial charge in [-0.1, -0.05) is 40.9 Å². The maximum absolute atomic E-state index is 13.2. The van der Waals surface area contributed by atoms with Crippen molar-refractivity contribution in [2.45, 2.75) is 64.6 Å². The normalized spacial score (nSPS) is 21.9. The molecule has 0 spiro atoms. The van der Waals surface area contributed by atoms with E-state index in [2.05, 4.69) is 15.9 Å². The van der Waals surface area contributed by atoms with Crippen LogP contribution in [0, 0.1) is 19.8 Å². The number of nitrogens with zero attached hydrogens (tertiary/aromatic N) is 1. The number of benzene rings is 2. The Bertz CT molecular complexity index is 1350. The highest BCUT2D eigenvalue weighted by Gasteiger charge is 2.43. The van der Waals surface area contributed by atoms with Gasteiger partial charge >= 0.3 is 5.63 Å². The second-order valence-electron chi connectivity index (χ2n) is 10.3. The summed E-state index contributed by atoms with van der Waals surface area (Å²) in [4.78, 5) is 28.0. The van der Waals surface area contributed by atoms with Crippen molar-refractivity contribution in [3.63, 3.8) is 0 Å². The molecular formula is C29H32BrNO5. The average Bonchev–Trinajstić information content (AvgIpc) is 2.87. The minimum absolute atomic E-state index is 0.0100. The molecule has 2 fully saturated rings. The molecule has 1 saturated carbocycles. The lowest BCUT2D eigenvalue weighted by Crippen LogP contribution is -2.55. The van der Waals surface area contributed by atoms with Gasteiger partial charge in [0, 0.05) is 34.4 Å². The molecule has 0 radical (unpaired) electrons. The summed E-state index contributed by atoms with van der Waals surface area (Å²) in [6, 6.07) is 11.7. The molecule has 1 aromatic heterocycles. The van der Waals surface area contributed by atoms with Gasteiger partial charge in [-0.2, -0.15) is 0 Å². The Morgan fingerprint density at radius 3 is 2.69 bits per heavy atom. The van der Waals surface area contributed by atoms with Crippen LogP contribution >= 0.6 is 15.9 Å². The largest absolute Gasteiger partial charge is 0.488 e. The highest BCUT2D eigenvalue weighted by molar-refractivity contribution is 9.10. The topological polar surface area (TPSA) is 80.0 Å². The standard InChI is InChI=1S/C29H32BrNO5/c1-18-23-10-11-25(35-17-20-6-8-22(30)9-7-20)19(2)27(23)36-28(33)24(18)15-26(32)31-14-13-29(34)12-4-3-5-21(29)16-31/h6-11,21,34H,3-5,12-17H2,1-2H3/t21-,29-/m1/s1. The van der Waals surface area contributed by atoms with Gasteiger partial charge in [-0.3, -0.25) is 4.79 Å². The van der Waals surface area contributed by atoms with Gasteiger partial charge in [0.05, 0.1) is 17.6 Å². The molecule has 2 heterocycles. The van der Waals surface area contributed by atoms with E-state index in [1.807, 2.05) is 55.1 Å². The van der Waals surface area contributed by atoms with E-state index in [1.165, 1.54) is 0 Å². The first-order chi connectivity index (χ1) is 17.2. The fourth-order valence-electron chi connectivity index (χ4n) is 5.73. The second-order valence-corrected chi connectivity index (χ2v) is 11.2. The van der Waals surface area contributed by atoms with Crippen molar-refractivity contribution in [2.75, 3.05) is 13.1 Å². The number of halogens is 1. The molecule has 2 aromatic carbocycles. The van der Waals surface area contributed by atoms with Crippen molar-refractivity contribution in [2.24, 2.45) is 5.92 Å². The first-order valence-corrected chi connectivity index (χ1v) is 13.5. The van der Waals surface area contributed by atoms with E-state index < -0.39 is 11.2 Å². The zero-order chi connectivity index (χ0) is 25.4. The smallest absolute Gasteiger partial charge is 0.340 e. The predicted octanol–water partition coefficient (Wildman–Crippen LogP) is 5.45. The fraction of sp³-hybridized carbons (Fsp3) is 0.448. The number of aliphatic hydroxyl groups is 1. The van der Waals surface area contributed by atoms with Crippen LogP contribution in [0.3, 0.4) is 0 Å². The minimum Gasteiger partial charge on any atom is -0.488 e. The van der Waals surface area contributed by atoms with Crippen LogP contribution in [0.2, 0.25) is 0 Å². The molecule has 0 unspecified atom stereocenters. The number of ether oxygens (including phenoxy) is 1. The summed E-state index contributed by atoms with van der Waals surface area (Å²) in [5, 5.41) is 11.7. The van der Waals surface area contributed by atoms with E-state index in [9.17, 15) is 14.7 Å². The SMILES string of the molecule is Cc1c(CC(=O)N2CC[C@]3(O)CCCC[C@@H]3C2)c(=O)oc2c(C)c(OCc3ccc(Br)cc3)ccc12. The molecule has 7 heteroatoms. The Morgan fingerprint density at radius 2 is 1.92 bits per heavy atom. The van der Waals surface area contributed by atoms with Gasteiger partial charge in [0.1, 0.15) is 17.9 Å². The molecule has 2 atom stereocenters. The van der Waals surface area contributed by atoms with Gasteiger partial charge in [0.15, 0.2) is 0 Å². The third-order valence-corrected chi connectivity index (χ3v) is 8.60. The molecule has 2 aliphatic rings. The number of piperidine rings is 1. The van der Waals surface area contributed by atoms with Crippen LogP contribution < -0.4 is 10.4 Å². The summed E-state index contributed by atoms with van der Waals surface area (Å²) in [5.41, 5.74) is 2.34. The van der Waals surface area contributed by atoms with Crippen LogP contribution in [0.4, 0.5) is 0 Å². The van der Waals surface area contributed by atoms with Crippen molar-refractivity contribution in [3.05, 3.63) is 73.5 Å². The van der Waals surface area contributed by atoms with E-state index >= 15 is 0 Å². The number of carbonyl (C=O) groups is 1. The number of carbonyl (C=O) groups excluding carboxylic acids is 1. The van der Waals surface area contributed by atoms with Crippen molar-refractivity contribution < 1.29 is 19.1 Å². The zero-order valence-corrected chi connectivity index (χ0v) is 22.4. The predicted molar refractivity (Wildman–Crippen MR) is 142 cm³/mol. The first kappa shape index (κ1) is 25.0. The molecule has 190 valence electrons. The van der Waals surface area contributed by atoms with E-state index in [0.29, 0.717) is 43.0 Å². The third kappa shape index (κ3) is 4.83. The van der Waals surface area contributed by atoms with Crippen LogP contribution in [-0.2, 0) is 17.8 Å². The lowest BCUT2D eigenvalue weighted by Gasteiger charge is -2.47. The fourth-order valence-corrected chi connectivity index (χ4v) is 6.00. The maximum atomic E-state index is 13.2. The van der Waals surface area contributed by atoms with Gasteiger partial charge in [0.25, 0.3) is 0 Å². The molecule has 5 rings (SSSR count). The monoisotopic (exact) mass is 553 g/mol. The van der Waals surface area contributed by atoms with Crippen molar-refractivity contribution in [1.29, 1.82) is 0 Å². The second kappa shape index (κ2) is 10.0. The molecular weight excluding hydrogens is 522 g/mol. The molecule has 6 nitrogen and oxygen atoms in total. The highest BCUT2D eigenvalue weighted by Crippen LogP contribution is 2.40. The van der Waals surface area contributed by atoms with Crippen LogP contribution in [0.25, 0.3) is 11.0 Å². The first-order valence-electron chi connectivity index (χ1n) is 12.7. The summed E-state index contributed by atoms with van der Waals surface area (Å²) in [7, 11) is 0. The van der Waals surface area contributed by atoms with Crippen LogP contribution in [0.1, 0.15) is 54.4 Å². The summed E-state index contributed by atoms with van der Waals surface area (Å²) >= 11 is 3.44. The molecule has 1 aliphatic carbocycles. The minimum atomic E-state index is -0.637. The number of rotatable bonds is 5. The molecule has 36 heavy (non-hydrogen) atoms. The Kier molecular flexibility index (Phi) is 6.97. The van der Waals surface area contributed by atoms with Crippen LogP contribution in [0.15, 0.2) is 50.1 Å². The number of fused-ring (bicyclic) bond motifs is 2. The molecule has 0 bridgehead atoms. The third-order valence-electron chi connectivity index (χ3n) is 8.07. The summed E-state index contributed by atoms with van der Waals surface area (Å²) in [5.74, 6) is 0.699. The maximum Gasteiger partial charge on any atom is 0.340 e. The summed E-state index contributed by atoms with van der Waals surface area (Å²) in [6.45, 7) is 5.25. The van der Waals surface area contributed by atoms with Crippen molar-refractivity contribution in [3.8, 4) is 5.75 Å². The molecule has 1 N–H and O–H groups in total. The molecule has 1 aliphatic heterocycles. The van der Waals surface area contributed by atoms with Crippen molar-refractivity contribution in [1.82, 2.24) is 4.90 Å². The van der Waals surface area contributed by atoms with E-state index in [4.69, 9.17) is 9.15 Å². The van der Waals surface area contributed by atoms with Gasteiger partial charge in [0.2, 0.25) is 5.91 Å². The molecule has 3 aromatic rings. The Labute approximate surface area is 219 Å². The Morgan fingerprint density at radius 1 is 1.14 bits per heavy atom. The van der Waals surface area contributed by atoms with Gasteiger partial charge in [-0.25, -0.2) is 4.79 Å². The van der Waals surface area contributed by atoms with E-state index in [-0.39, 0.29) is 18.2 Å². The quantitative estimate of drug-likeness (QED) is 0.425. The number of likely N-dealkylation sites (tertiary alicyclic amines) is 1.